The van der Waals surface area contributed by atoms with Gasteiger partial charge in [0.1, 0.15) is 6.61 Å². The van der Waals surface area contributed by atoms with Crippen LogP contribution in [0.25, 0.3) is 0 Å². The first-order valence-corrected chi connectivity index (χ1v) is 6.98. The molecule has 0 fully saturated rings. The Balaban J connectivity index is 1.85. The van der Waals surface area contributed by atoms with Crippen molar-refractivity contribution in [1.82, 2.24) is 4.57 Å². The van der Waals surface area contributed by atoms with Crippen molar-refractivity contribution in [3.8, 4) is 0 Å². The number of carbonyl (C=O) groups excluding carboxylic acids is 1. The minimum Gasteiger partial charge on any atom is -0.381 e. The summed E-state index contributed by atoms with van der Waals surface area (Å²) >= 11 is 0. The lowest BCUT2D eigenvalue weighted by Gasteiger charge is -2.08. The number of anilines is 2. The SMILES string of the molecule is CCn1ccc(CNc2ccc(NC(=O)COC)cc2)c1. The average molecular weight is 287 g/mol. The number of hydrogen-bond acceptors (Lipinski definition) is 3. The Kier molecular flexibility index (Phi) is 5.40. The summed E-state index contributed by atoms with van der Waals surface area (Å²) in [7, 11) is 1.50. The Hall–Kier alpha value is -2.27. The van der Waals surface area contributed by atoms with Gasteiger partial charge in [-0.3, -0.25) is 4.79 Å². The van der Waals surface area contributed by atoms with E-state index in [4.69, 9.17) is 4.74 Å². The van der Waals surface area contributed by atoms with Gasteiger partial charge in [0, 0.05) is 44.0 Å². The van der Waals surface area contributed by atoms with E-state index in [2.05, 4.69) is 40.6 Å². The molecule has 0 saturated heterocycles. The molecule has 1 amide bonds. The van der Waals surface area contributed by atoms with Gasteiger partial charge in [-0.1, -0.05) is 0 Å². The van der Waals surface area contributed by atoms with Gasteiger partial charge in [0.05, 0.1) is 0 Å². The lowest BCUT2D eigenvalue weighted by Crippen LogP contribution is -2.16. The maximum absolute atomic E-state index is 11.4. The maximum Gasteiger partial charge on any atom is 0.250 e. The third kappa shape index (κ3) is 4.65. The van der Waals surface area contributed by atoms with Crippen LogP contribution in [-0.2, 0) is 22.6 Å². The number of benzene rings is 1. The second-order valence-electron chi connectivity index (χ2n) is 4.76. The van der Waals surface area contributed by atoms with Crippen LogP contribution in [0.5, 0.6) is 0 Å². The van der Waals surface area contributed by atoms with Crippen LogP contribution in [0.3, 0.4) is 0 Å². The van der Waals surface area contributed by atoms with Crippen molar-refractivity contribution >= 4 is 17.3 Å². The lowest BCUT2D eigenvalue weighted by molar-refractivity contribution is -0.119. The van der Waals surface area contributed by atoms with Crippen molar-refractivity contribution in [2.75, 3.05) is 24.4 Å². The third-order valence-electron chi connectivity index (χ3n) is 3.12. The third-order valence-corrected chi connectivity index (χ3v) is 3.12. The van der Waals surface area contributed by atoms with E-state index in [0.29, 0.717) is 0 Å². The van der Waals surface area contributed by atoms with E-state index >= 15 is 0 Å². The normalized spacial score (nSPS) is 10.4. The van der Waals surface area contributed by atoms with E-state index in [1.54, 1.807) is 0 Å². The molecule has 2 rings (SSSR count). The first-order chi connectivity index (χ1) is 10.2. The molecule has 0 spiro atoms. The predicted octanol–water partition coefficient (Wildman–Crippen LogP) is 2.71. The summed E-state index contributed by atoms with van der Waals surface area (Å²) in [4.78, 5) is 11.4. The molecule has 1 aromatic carbocycles. The molecule has 0 aliphatic carbocycles. The van der Waals surface area contributed by atoms with Gasteiger partial charge in [0.15, 0.2) is 0 Å². The number of nitrogens with zero attached hydrogens (tertiary/aromatic N) is 1. The number of ether oxygens (including phenoxy) is 1. The van der Waals surface area contributed by atoms with E-state index in [0.717, 1.165) is 24.5 Å². The number of aromatic nitrogens is 1. The average Bonchev–Trinajstić information content (AvgIpc) is 2.95. The van der Waals surface area contributed by atoms with Crippen molar-refractivity contribution in [1.29, 1.82) is 0 Å². The Morgan fingerprint density at radius 2 is 1.90 bits per heavy atom. The molecule has 0 aliphatic rings. The molecule has 1 aromatic heterocycles. The molecule has 21 heavy (non-hydrogen) atoms. The number of nitrogens with one attached hydrogen (secondary N) is 2. The number of rotatable bonds is 7. The van der Waals surface area contributed by atoms with Crippen LogP contribution >= 0.6 is 0 Å². The van der Waals surface area contributed by atoms with Crippen LogP contribution < -0.4 is 10.6 Å². The summed E-state index contributed by atoms with van der Waals surface area (Å²) in [6.07, 6.45) is 4.21. The number of methoxy groups -OCH3 is 1. The van der Waals surface area contributed by atoms with Crippen molar-refractivity contribution < 1.29 is 9.53 Å². The maximum atomic E-state index is 11.4. The summed E-state index contributed by atoms with van der Waals surface area (Å²) in [5.41, 5.74) is 3.03. The molecule has 0 radical (unpaired) electrons. The smallest absolute Gasteiger partial charge is 0.250 e. The van der Waals surface area contributed by atoms with Crippen molar-refractivity contribution in [2.45, 2.75) is 20.0 Å². The fourth-order valence-corrected chi connectivity index (χ4v) is 2.00. The highest BCUT2D eigenvalue weighted by molar-refractivity contribution is 5.91. The summed E-state index contributed by atoms with van der Waals surface area (Å²) < 4.78 is 6.92. The van der Waals surface area contributed by atoms with Gasteiger partial charge in [-0.15, -0.1) is 0 Å². The highest BCUT2D eigenvalue weighted by Gasteiger charge is 2.01. The molecule has 0 saturated carbocycles. The summed E-state index contributed by atoms with van der Waals surface area (Å²) in [5, 5.41) is 6.11. The largest absolute Gasteiger partial charge is 0.381 e. The highest BCUT2D eigenvalue weighted by Crippen LogP contribution is 2.14. The second-order valence-corrected chi connectivity index (χ2v) is 4.76. The molecule has 0 bridgehead atoms. The monoisotopic (exact) mass is 287 g/mol. The van der Waals surface area contributed by atoms with E-state index in [-0.39, 0.29) is 12.5 Å². The van der Waals surface area contributed by atoms with Gasteiger partial charge in [0.25, 0.3) is 0 Å². The van der Waals surface area contributed by atoms with Gasteiger partial charge in [-0.05, 0) is 42.8 Å². The first kappa shape index (κ1) is 15.1. The van der Waals surface area contributed by atoms with Gasteiger partial charge < -0.3 is 19.9 Å². The van der Waals surface area contributed by atoms with Crippen LogP contribution in [0.1, 0.15) is 12.5 Å². The second kappa shape index (κ2) is 7.50. The molecule has 5 heteroatoms. The predicted molar refractivity (Wildman–Crippen MR) is 84.4 cm³/mol. The molecule has 0 atom stereocenters. The Morgan fingerprint density at radius 1 is 1.19 bits per heavy atom. The van der Waals surface area contributed by atoms with Gasteiger partial charge in [0.2, 0.25) is 5.91 Å². The zero-order chi connectivity index (χ0) is 15.1. The molecular formula is C16H21N3O2. The molecule has 1 heterocycles. The summed E-state index contributed by atoms with van der Waals surface area (Å²) in [6, 6.07) is 9.73. The molecular weight excluding hydrogens is 266 g/mol. The van der Waals surface area contributed by atoms with Crippen molar-refractivity contribution in [2.24, 2.45) is 0 Å². The number of amides is 1. The van der Waals surface area contributed by atoms with E-state index in [9.17, 15) is 4.79 Å². The Labute approximate surface area is 124 Å². The Morgan fingerprint density at radius 3 is 2.52 bits per heavy atom. The molecule has 5 nitrogen and oxygen atoms in total. The van der Waals surface area contributed by atoms with Gasteiger partial charge >= 0.3 is 0 Å². The van der Waals surface area contributed by atoms with Crippen LogP contribution in [0.2, 0.25) is 0 Å². The number of carbonyl (C=O) groups is 1. The van der Waals surface area contributed by atoms with Crippen LogP contribution in [-0.4, -0.2) is 24.2 Å². The van der Waals surface area contributed by atoms with E-state index < -0.39 is 0 Å². The van der Waals surface area contributed by atoms with Crippen molar-refractivity contribution in [3.63, 3.8) is 0 Å². The van der Waals surface area contributed by atoms with Crippen LogP contribution in [0.4, 0.5) is 11.4 Å². The Bertz CT molecular complexity index is 575. The minimum absolute atomic E-state index is 0.0639. The zero-order valence-corrected chi connectivity index (χ0v) is 12.4. The van der Waals surface area contributed by atoms with E-state index in [1.165, 1.54) is 12.7 Å². The quantitative estimate of drug-likeness (QED) is 0.823. The fraction of sp³-hybridized carbons (Fsp3) is 0.312. The lowest BCUT2D eigenvalue weighted by atomic mass is 10.2. The van der Waals surface area contributed by atoms with Gasteiger partial charge in [-0.25, -0.2) is 0 Å². The standard InChI is InChI=1S/C16H21N3O2/c1-3-19-9-8-13(11-19)10-17-14-4-6-15(7-5-14)18-16(20)12-21-2/h4-9,11,17H,3,10,12H2,1-2H3,(H,18,20). The summed E-state index contributed by atoms with van der Waals surface area (Å²) in [5.74, 6) is -0.154. The van der Waals surface area contributed by atoms with Gasteiger partial charge in [-0.2, -0.15) is 0 Å². The highest BCUT2D eigenvalue weighted by atomic mass is 16.5. The molecule has 2 aromatic rings. The topological polar surface area (TPSA) is 55.3 Å². The fourth-order valence-electron chi connectivity index (χ4n) is 2.00. The molecule has 0 unspecified atom stereocenters. The zero-order valence-electron chi connectivity index (χ0n) is 12.4. The van der Waals surface area contributed by atoms with E-state index in [1.807, 2.05) is 24.3 Å². The van der Waals surface area contributed by atoms with Crippen molar-refractivity contribution in [3.05, 3.63) is 48.3 Å². The molecule has 2 N–H and O–H groups in total. The first-order valence-electron chi connectivity index (χ1n) is 6.98. The van der Waals surface area contributed by atoms with Crippen LogP contribution in [0.15, 0.2) is 42.7 Å². The minimum atomic E-state index is -0.154. The number of hydrogen-bond donors (Lipinski definition) is 2. The number of aryl methyl sites for hydroxylation is 1. The summed E-state index contributed by atoms with van der Waals surface area (Å²) in [6.45, 7) is 3.94. The molecule has 112 valence electrons. The molecule has 0 aliphatic heterocycles. The van der Waals surface area contributed by atoms with Crippen LogP contribution in [0, 0.1) is 0 Å².